The zero-order valence-corrected chi connectivity index (χ0v) is 11.7. The Kier molecular flexibility index (Phi) is 7.92. The first-order valence-corrected chi connectivity index (χ1v) is 6.55. The van der Waals surface area contributed by atoms with E-state index in [2.05, 4.69) is 32.2 Å². The highest BCUT2D eigenvalue weighted by Gasteiger charge is 2.39. The van der Waals surface area contributed by atoms with E-state index in [4.69, 9.17) is 16.3 Å². The van der Waals surface area contributed by atoms with Crippen molar-refractivity contribution < 1.29 is 9.53 Å². The molecule has 0 N–H and O–H groups in total. The van der Waals surface area contributed by atoms with Gasteiger partial charge in [-0.3, -0.25) is 0 Å². The summed E-state index contributed by atoms with van der Waals surface area (Å²) in [6.07, 6.45) is 3.49. The van der Waals surface area contributed by atoms with Crippen LogP contribution in [-0.2, 0) is 9.53 Å². The van der Waals surface area contributed by atoms with Gasteiger partial charge in [-0.15, -0.1) is 36.9 Å². The molecular weight excluding hydrogens is 252 g/mol. The summed E-state index contributed by atoms with van der Waals surface area (Å²) >= 11 is 14.4. The molecule has 0 fully saturated rings. The summed E-state index contributed by atoms with van der Waals surface area (Å²) in [5, 5.41) is -0.409. The highest BCUT2D eigenvalue weighted by Crippen LogP contribution is 2.33. The lowest BCUT2D eigenvalue weighted by molar-refractivity contribution is -0.143. The number of unbranched alkanes of at least 4 members (excludes halogenated alkanes) is 1. The minimum atomic E-state index is -1.19. The van der Waals surface area contributed by atoms with Crippen LogP contribution in [0.2, 0.25) is 0 Å². The first-order chi connectivity index (χ1) is 6.96. The second kappa shape index (κ2) is 7.69. The predicted molar refractivity (Wildman–Crippen MR) is 71.1 cm³/mol. The topological polar surface area (TPSA) is 26.3 Å². The van der Waals surface area contributed by atoms with E-state index in [-0.39, 0.29) is 0 Å². The quantitative estimate of drug-likeness (QED) is 0.321. The minimum Gasteiger partial charge on any atom is -0.464 e. The van der Waals surface area contributed by atoms with Crippen LogP contribution in [-0.4, -0.2) is 22.0 Å². The van der Waals surface area contributed by atoms with Gasteiger partial charge in [-0.25, -0.2) is 4.79 Å². The lowest BCUT2D eigenvalue weighted by Gasteiger charge is -2.25. The van der Waals surface area contributed by atoms with Crippen LogP contribution >= 0.6 is 36.9 Å². The molecule has 0 saturated carbocycles. The molecular formula is C10H19ClO2S2. The van der Waals surface area contributed by atoms with Crippen LogP contribution in [0.5, 0.6) is 0 Å². The molecule has 15 heavy (non-hydrogen) atoms. The first kappa shape index (κ1) is 15.5. The van der Waals surface area contributed by atoms with Gasteiger partial charge in [0.2, 0.25) is 0 Å². The molecule has 1 atom stereocenters. The Morgan fingerprint density at radius 1 is 1.40 bits per heavy atom. The average molecular weight is 271 g/mol. The van der Waals surface area contributed by atoms with E-state index < -0.39 is 15.4 Å². The van der Waals surface area contributed by atoms with E-state index in [0.717, 1.165) is 19.3 Å². The highest BCUT2D eigenvalue weighted by molar-refractivity contribution is 8.02. The predicted octanol–water partition coefficient (Wildman–Crippen LogP) is 3.29. The molecule has 0 aromatic carbocycles. The highest BCUT2D eigenvalue weighted by atomic mass is 35.5. The Morgan fingerprint density at radius 3 is 2.47 bits per heavy atom. The summed E-state index contributed by atoms with van der Waals surface area (Å²) in [4.78, 5) is 11.6. The van der Waals surface area contributed by atoms with Gasteiger partial charge in [-0.2, -0.15) is 0 Å². The van der Waals surface area contributed by atoms with Crippen molar-refractivity contribution in [1.29, 1.82) is 0 Å². The number of thiol groups is 2. The molecule has 2 nitrogen and oxygen atoms in total. The van der Waals surface area contributed by atoms with Gasteiger partial charge in [-0.1, -0.05) is 26.7 Å². The molecule has 0 heterocycles. The van der Waals surface area contributed by atoms with Crippen LogP contribution in [0.4, 0.5) is 0 Å². The number of ether oxygens (including phenoxy) is 1. The number of hydrogen-bond donors (Lipinski definition) is 2. The van der Waals surface area contributed by atoms with Crippen LogP contribution in [0, 0.1) is 0 Å². The number of carbonyl (C=O) groups excluding carboxylic acids is 1. The van der Waals surface area contributed by atoms with Gasteiger partial charge in [-0.05, 0) is 12.8 Å². The number of hydrogen-bond acceptors (Lipinski definition) is 4. The van der Waals surface area contributed by atoms with Crippen molar-refractivity contribution in [2.45, 2.75) is 49.0 Å². The van der Waals surface area contributed by atoms with Crippen molar-refractivity contribution in [3.05, 3.63) is 0 Å². The summed E-state index contributed by atoms with van der Waals surface area (Å²) in [7, 11) is 0. The van der Waals surface area contributed by atoms with Gasteiger partial charge in [0.05, 0.1) is 12.0 Å². The summed E-state index contributed by atoms with van der Waals surface area (Å²) < 4.78 is 3.79. The maximum atomic E-state index is 11.6. The van der Waals surface area contributed by atoms with Crippen LogP contribution < -0.4 is 0 Å². The van der Waals surface area contributed by atoms with E-state index in [1.807, 2.05) is 6.92 Å². The largest absolute Gasteiger partial charge is 0.464 e. The summed E-state index contributed by atoms with van der Waals surface area (Å²) in [5.41, 5.74) is 0. The van der Waals surface area contributed by atoms with E-state index in [1.54, 1.807) is 0 Å². The number of alkyl halides is 1. The van der Waals surface area contributed by atoms with E-state index in [0.29, 0.717) is 13.0 Å². The van der Waals surface area contributed by atoms with Gasteiger partial charge in [0.15, 0.2) is 4.08 Å². The smallest absolute Gasteiger partial charge is 0.333 e. The Morgan fingerprint density at radius 2 is 2.00 bits per heavy atom. The van der Waals surface area contributed by atoms with Crippen molar-refractivity contribution in [1.82, 2.24) is 0 Å². The molecule has 0 aliphatic heterocycles. The maximum Gasteiger partial charge on any atom is 0.333 e. The van der Waals surface area contributed by atoms with Crippen LogP contribution in [0.25, 0.3) is 0 Å². The monoisotopic (exact) mass is 270 g/mol. The van der Waals surface area contributed by atoms with Gasteiger partial charge >= 0.3 is 5.97 Å². The fraction of sp³-hybridized carbons (Fsp3) is 0.900. The number of esters is 1. The van der Waals surface area contributed by atoms with Crippen molar-refractivity contribution in [3.63, 3.8) is 0 Å². The maximum absolute atomic E-state index is 11.6. The Hall–Kier alpha value is 0.460. The third-order valence-electron chi connectivity index (χ3n) is 1.99. The van der Waals surface area contributed by atoms with E-state index >= 15 is 0 Å². The second-order valence-electron chi connectivity index (χ2n) is 3.47. The Bertz CT molecular complexity index is 198. The molecule has 5 heteroatoms. The Labute approximate surface area is 108 Å². The molecule has 0 amide bonds. The number of carbonyl (C=O) groups is 1. The zero-order chi connectivity index (χ0) is 11.9. The summed E-state index contributed by atoms with van der Waals surface area (Å²) in [6, 6.07) is 0. The van der Waals surface area contributed by atoms with E-state index in [9.17, 15) is 4.79 Å². The third kappa shape index (κ3) is 5.36. The lowest BCUT2D eigenvalue weighted by Crippen LogP contribution is -2.38. The molecule has 0 spiro atoms. The lowest BCUT2D eigenvalue weighted by atomic mass is 10.1. The first-order valence-electron chi connectivity index (χ1n) is 5.22. The molecule has 0 aromatic heterocycles. The standard InChI is InChI=1S/C10H19ClO2S2/c1-3-5-6-8(11)10(14,15)9(12)13-7-4-2/h8,14-15H,3-7H2,1-2H3. The van der Waals surface area contributed by atoms with Crippen molar-refractivity contribution >= 4 is 42.8 Å². The molecule has 0 rings (SSSR count). The van der Waals surface area contributed by atoms with Crippen LogP contribution in [0.15, 0.2) is 0 Å². The summed E-state index contributed by atoms with van der Waals surface area (Å²) in [5.74, 6) is -0.452. The fourth-order valence-corrected chi connectivity index (χ4v) is 1.64. The van der Waals surface area contributed by atoms with Gasteiger partial charge in [0.25, 0.3) is 0 Å². The molecule has 0 bridgehead atoms. The van der Waals surface area contributed by atoms with Crippen LogP contribution in [0.3, 0.4) is 0 Å². The Balaban J connectivity index is 4.17. The average Bonchev–Trinajstić information content (AvgIpc) is 2.21. The second-order valence-corrected chi connectivity index (χ2v) is 5.76. The van der Waals surface area contributed by atoms with Gasteiger partial charge < -0.3 is 4.74 Å². The van der Waals surface area contributed by atoms with Crippen molar-refractivity contribution in [2.75, 3.05) is 6.61 Å². The van der Waals surface area contributed by atoms with Gasteiger partial charge in [0, 0.05) is 0 Å². The molecule has 0 radical (unpaired) electrons. The number of halogens is 1. The van der Waals surface area contributed by atoms with Crippen molar-refractivity contribution in [3.8, 4) is 0 Å². The minimum absolute atomic E-state index is 0.388. The molecule has 1 unspecified atom stereocenters. The zero-order valence-electron chi connectivity index (χ0n) is 9.20. The molecule has 90 valence electrons. The SMILES string of the molecule is CCCCC(Cl)C(S)(S)C(=O)OCCC. The molecule has 0 aliphatic carbocycles. The third-order valence-corrected chi connectivity index (χ3v) is 3.82. The summed E-state index contributed by atoms with van der Waals surface area (Å²) in [6.45, 7) is 4.39. The molecule has 0 aliphatic rings. The molecule has 0 saturated heterocycles. The fourth-order valence-electron chi connectivity index (χ4n) is 1.01. The normalized spacial score (nSPS) is 13.7. The van der Waals surface area contributed by atoms with Crippen molar-refractivity contribution in [2.24, 2.45) is 0 Å². The van der Waals surface area contributed by atoms with E-state index in [1.165, 1.54) is 0 Å². The molecule has 0 aromatic rings. The van der Waals surface area contributed by atoms with Gasteiger partial charge in [0.1, 0.15) is 0 Å². The number of rotatable bonds is 7. The van der Waals surface area contributed by atoms with Crippen LogP contribution in [0.1, 0.15) is 39.5 Å².